The molecule has 0 saturated heterocycles. The molecule has 0 unspecified atom stereocenters. The minimum Gasteiger partial charge on any atom is -0.507 e. The second-order valence-corrected chi connectivity index (χ2v) is 10.5. The molecule has 2 aromatic carbocycles. The van der Waals surface area contributed by atoms with Crippen LogP contribution in [0.3, 0.4) is 0 Å². The van der Waals surface area contributed by atoms with E-state index >= 15 is 0 Å². The highest BCUT2D eigenvalue weighted by molar-refractivity contribution is 6.34. The highest BCUT2D eigenvalue weighted by atomic mass is 35.5. The smallest absolute Gasteiger partial charge is 0.258 e. The number of anilines is 1. The molecule has 2 aromatic rings. The first kappa shape index (κ1) is 26.6. The third-order valence-electron chi connectivity index (χ3n) is 6.08. The number of hydrogen-bond donors (Lipinski definition) is 1. The normalized spacial score (nSPS) is 13.5. The number of benzene rings is 2. The van der Waals surface area contributed by atoms with Crippen molar-refractivity contribution in [2.24, 2.45) is 0 Å². The minimum absolute atomic E-state index is 0.132. The molecule has 2 amide bonds. The number of carbonyl (C=O) groups is 2. The van der Waals surface area contributed by atoms with Crippen molar-refractivity contribution in [3.05, 3.63) is 63.7 Å². The molecule has 1 heterocycles. The number of carbonyl (C=O) groups excluding carboxylic acids is 2. The Kier molecular flexibility index (Phi) is 7.82. The number of fused-ring (bicyclic) bond motifs is 1. The van der Waals surface area contributed by atoms with E-state index in [0.29, 0.717) is 29.5 Å². The zero-order valence-electron chi connectivity index (χ0n) is 21.5. The van der Waals surface area contributed by atoms with Crippen LogP contribution in [0.25, 0.3) is 0 Å². The molecule has 1 aliphatic heterocycles. The van der Waals surface area contributed by atoms with Crippen molar-refractivity contribution in [3.8, 4) is 11.5 Å². The second-order valence-electron chi connectivity index (χ2n) is 10.1. The quantitative estimate of drug-likeness (QED) is 0.588. The van der Waals surface area contributed by atoms with Gasteiger partial charge >= 0.3 is 0 Å². The van der Waals surface area contributed by atoms with Gasteiger partial charge in [-0.1, -0.05) is 44.5 Å². The highest BCUT2D eigenvalue weighted by Crippen LogP contribution is 2.40. The number of halogens is 1. The number of nitrogens with zero attached hydrogens (tertiary/aromatic N) is 3. The van der Waals surface area contributed by atoms with Crippen LogP contribution in [0, 0.1) is 0 Å². The maximum Gasteiger partial charge on any atom is 0.258 e. The predicted molar refractivity (Wildman–Crippen MR) is 139 cm³/mol. The first-order chi connectivity index (χ1) is 16.3. The summed E-state index contributed by atoms with van der Waals surface area (Å²) in [5, 5.41) is 11.1. The van der Waals surface area contributed by atoms with Gasteiger partial charge in [-0.15, -0.1) is 0 Å². The van der Waals surface area contributed by atoms with Gasteiger partial charge in [-0.25, -0.2) is 0 Å². The number of ether oxygens (including phenoxy) is 1. The number of methoxy groups -OCH3 is 1. The molecule has 1 aliphatic rings. The van der Waals surface area contributed by atoms with Gasteiger partial charge in [0.15, 0.2) is 0 Å². The summed E-state index contributed by atoms with van der Waals surface area (Å²) < 4.78 is 5.44. The van der Waals surface area contributed by atoms with E-state index in [1.54, 1.807) is 37.3 Å². The van der Waals surface area contributed by atoms with Gasteiger partial charge in [0, 0.05) is 50.0 Å². The number of likely N-dealkylation sites (N-methyl/N-ethyl adjacent to an activating group) is 2. The second kappa shape index (κ2) is 10.3. The van der Waals surface area contributed by atoms with E-state index in [1.165, 1.54) is 17.0 Å². The van der Waals surface area contributed by atoms with Crippen LogP contribution >= 0.6 is 11.6 Å². The van der Waals surface area contributed by atoms with Gasteiger partial charge in [-0.3, -0.25) is 9.59 Å². The first-order valence-corrected chi connectivity index (χ1v) is 11.8. The van der Waals surface area contributed by atoms with Crippen LogP contribution in [0.1, 0.15) is 47.8 Å². The van der Waals surface area contributed by atoms with Crippen molar-refractivity contribution in [1.29, 1.82) is 0 Å². The number of phenols is 1. The molecule has 0 bridgehead atoms. The van der Waals surface area contributed by atoms with Gasteiger partial charge in [-0.05, 0) is 37.2 Å². The topological polar surface area (TPSA) is 73.3 Å². The number of amides is 2. The minimum atomic E-state index is -0.297. The summed E-state index contributed by atoms with van der Waals surface area (Å²) in [5.74, 6) is -0.0940. The average Bonchev–Trinajstić information content (AvgIpc) is 3.21. The van der Waals surface area contributed by atoms with Crippen LogP contribution in [-0.4, -0.2) is 61.5 Å². The van der Waals surface area contributed by atoms with Gasteiger partial charge in [0.05, 0.1) is 23.4 Å². The van der Waals surface area contributed by atoms with Crippen LogP contribution in [0.5, 0.6) is 11.5 Å². The Bertz CT molecular complexity index is 1170. The Morgan fingerprint density at radius 3 is 2.46 bits per heavy atom. The van der Waals surface area contributed by atoms with Crippen molar-refractivity contribution in [3.63, 3.8) is 0 Å². The van der Waals surface area contributed by atoms with Crippen molar-refractivity contribution in [2.75, 3.05) is 39.7 Å². The Morgan fingerprint density at radius 2 is 1.86 bits per heavy atom. The van der Waals surface area contributed by atoms with E-state index in [2.05, 4.69) is 0 Å². The van der Waals surface area contributed by atoms with Crippen molar-refractivity contribution in [1.82, 2.24) is 9.80 Å². The summed E-state index contributed by atoms with van der Waals surface area (Å²) in [6.45, 7) is 7.35. The summed E-state index contributed by atoms with van der Waals surface area (Å²) >= 11 is 6.52. The SMILES string of the molecule is COc1cc(O)c(C(=O)N2Cc3ccc(Cl)c(N(C)C(=O)/C=C/CN(C)C)c3C2)cc1C(C)(C)C. The number of phenolic OH excluding ortho intramolecular Hbond substituents is 1. The first-order valence-electron chi connectivity index (χ1n) is 11.4. The van der Waals surface area contributed by atoms with E-state index in [9.17, 15) is 14.7 Å². The molecule has 1 N–H and O–H groups in total. The number of rotatable bonds is 6. The van der Waals surface area contributed by atoms with Crippen molar-refractivity contribution >= 4 is 29.1 Å². The van der Waals surface area contributed by atoms with Crippen molar-refractivity contribution < 1.29 is 19.4 Å². The molecule has 0 fully saturated rings. The fraction of sp³-hybridized carbons (Fsp3) is 0.407. The summed E-state index contributed by atoms with van der Waals surface area (Å²) in [6, 6.07) is 6.83. The van der Waals surface area contributed by atoms with E-state index in [-0.39, 0.29) is 35.1 Å². The molecule has 0 saturated carbocycles. The Labute approximate surface area is 212 Å². The lowest BCUT2D eigenvalue weighted by Gasteiger charge is -2.24. The predicted octanol–water partition coefficient (Wildman–Crippen LogP) is 4.59. The molecule has 0 radical (unpaired) electrons. The lowest BCUT2D eigenvalue weighted by atomic mass is 9.85. The highest BCUT2D eigenvalue weighted by Gasteiger charge is 2.32. The van der Waals surface area contributed by atoms with Gasteiger partial charge in [0.1, 0.15) is 11.5 Å². The van der Waals surface area contributed by atoms with Crippen LogP contribution in [0.2, 0.25) is 5.02 Å². The molecule has 3 rings (SSSR count). The maximum atomic E-state index is 13.5. The summed E-state index contributed by atoms with van der Waals surface area (Å²) in [4.78, 5) is 31.4. The monoisotopic (exact) mass is 499 g/mol. The number of hydrogen-bond acceptors (Lipinski definition) is 5. The van der Waals surface area contributed by atoms with Crippen LogP contribution in [0.15, 0.2) is 36.4 Å². The Balaban J connectivity index is 1.92. The van der Waals surface area contributed by atoms with E-state index in [0.717, 1.165) is 16.7 Å². The average molecular weight is 500 g/mol. The van der Waals surface area contributed by atoms with Crippen LogP contribution in [0.4, 0.5) is 5.69 Å². The lowest BCUT2D eigenvalue weighted by molar-refractivity contribution is -0.113. The van der Waals surface area contributed by atoms with E-state index < -0.39 is 0 Å². The van der Waals surface area contributed by atoms with Gasteiger partial charge in [0.2, 0.25) is 5.91 Å². The summed E-state index contributed by atoms with van der Waals surface area (Å²) in [7, 11) is 7.08. The van der Waals surface area contributed by atoms with Gasteiger partial charge in [0.25, 0.3) is 5.91 Å². The molecular weight excluding hydrogens is 466 g/mol. The molecule has 0 aromatic heterocycles. The summed E-state index contributed by atoms with van der Waals surface area (Å²) in [5.41, 5.74) is 3.09. The van der Waals surface area contributed by atoms with Gasteiger partial charge in [-0.2, -0.15) is 0 Å². The molecule has 0 atom stereocenters. The molecule has 188 valence electrons. The standard InChI is InChI=1S/C27H34ClN3O4/c1-27(2,3)20-13-18(22(32)14-23(20)35-7)26(34)31-15-17-10-11-21(28)25(19(17)16-31)30(6)24(33)9-8-12-29(4)5/h8-11,13-14,32H,12,15-16H2,1-7H3/b9-8+. The van der Waals surface area contributed by atoms with Crippen molar-refractivity contribution in [2.45, 2.75) is 39.3 Å². The molecular formula is C27H34ClN3O4. The van der Waals surface area contributed by atoms with Crippen LogP contribution < -0.4 is 9.64 Å². The third-order valence-corrected chi connectivity index (χ3v) is 6.39. The Hall–Kier alpha value is -3.03. The molecule has 35 heavy (non-hydrogen) atoms. The Morgan fingerprint density at radius 1 is 1.17 bits per heavy atom. The fourth-order valence-corrected chi connectivity index (χ4v) is 4.49. The fourth-order valence-electron chi connectivity index (χ4n) is 4.18. The number of aromatic hydroxyl groups is 1. The molecule has 7 nitrogen and oxygen atoms in total. The van der Waals surface area contributed by atoms with Crippen LogP contribution in [-0.2, 0) is 23.3 Å². The lowest BCUT2D eigenvalue weighted by Crippen LogP contribution is -2.28. The van der Waals surface area contributed by atoms with E-state index in [1.807, 2.05) is 45.8 Å². The zero-order chi connectivity index (χ0) is 26.1. The molecule has 8 heteroatoms. The molecule has 0 spiro atoms. The van der Waals surface area contributed by atoms with Gasteiger partial charge < -0.3 is 24.5 Å². The van der Waals surface area contributed by atoms with E-state index in [4.69, 9.17) is 16.3 Å². The third kappa shape index (κ3) is 5.63. The largest absolute Gasteiger partial charge is 0.507 e. The maximum absolute atomic E-state index is 13.5. The zero-order valence-corrected chi connectivity index (χ0v) is 22.2. The molecule has 0 aliphatic carbocycles. The summed E-state index contributed by atoms with van der Waals surface area (Å²) in [6.07, 6.45) is 3.32.